The molecule has 8 heteroatoms. The summed E-state index contributed by atoms with van der Waals surface area (Å²) in [5.41, 5.74) is 1.66. The predicted octanol–water partition coefficient (Wildman–Crippen LogP) is 4.50. The molecule has 2 amide bonds. The topological polar surface area (TPSA) is 78.5 Å². The van der Waals surface area contributed by atoms with Crippen LogP contribution in [-0.4, -0.2) is 40.8 Å². The average molecular weight is 537 g/mol. The molecule has 6 nitrogen and oxygen atoms in total. The second-order valence-electron chi connectivity index (χ2n) is 7.09. The summed E-state index contributed by atoms with van der Waals surface area (Å²) >= 11 is 2.17. The Morgan fingerprint density at radius 3 is 2.43 bits per heavy atom. The Bertz CT molecular complexity index is 1160. The lowest BCUT2D eigenvalue weighted by Gasteiger charge is -2.17. The van der Waals surface area contributed by atoms with E-state index in [9.17, 15) is 13.2 Å². The van der Waals surface area contributed by atoms with Gasteiger partial charge in [0.15, 0.2) is 9.84 Å². The Morgan fingerprint density at radius 1 is 1.00 bits per heavy atom. The highest BCUT2D eigenvalue weighted by Gasteiger charge is 2.18. The summed E-state index contributed by atoms with van der Waals surface area (Å²) < 4.78 is 26.9. The molecule has 0 saturated heterocycles. The van der Waals surface area contributed by atoms with Gasteiger partial charge >= 0.3 is 6.03 Å². The lowest BCUT2D eigenvalue weighted by molar-refractivity contribution is 0.252. The summed E-state index contributed by atoms with van der Waals surface area (Å²) in [6.07, 6.45) is 0.325. The number of halogens is 1. The summed E-state index contributed by atoms with van der Waals surface area (Å²) in [6, 6.07) is 18.1. The summed E-state index contributed by atoms with van der Waals surface area (Å²) in [4.78, 5) is 14.3. The maximum absolute atomic E-state index is 13.0. The third-order valence-corrected chi connectivity index (χ3v) is 7.16. The van der Waals surface area contributed by atoms with E-state index in [0.717, 1.165) is 14.6 Å². The maximum Gasteiger partial charge on any atom is 0.319 e. The minimum Gasteiger partial charge on any atom is -0.377 e. The number of hydrogen-bond donors (Lipinski definition) is 2. The van der Waals surface area contributed by atoms with Crippen LogP contribution in [0.5, 0.6) is 0 Å². The van der Waals surface area contributed by atoms with Crippen LogP contribution >= 0.6 is 22.6 Å². The Balaban J connectivity index is 1.63. The van der Waals surface area contributed by atoms with Gasteiger partial charge in [-0.25, -0.2) is 13.2 Å². The predicted molar refractivity (Wildman–Crippen MR) is 131 cm³/mol. The van der Waals surface area contributed by atoms with Gasteiger partial charge in [0.25, 0.3) is 0 Å². The average Bonchev–Trinajstić information content (AvgIpc) is 2.70. The lowest BCUT2D eigenvalue weighted by atomic mass is 10.1. The molecule has 0 aliphatic rings. The van der Waals surface area contributed by atoms with Crippen molar-refractivity contribution in [2.45, 2.75) is 11.3 Å². The number of nitrogens with zero attached hydrogens (tertiary/aromatic N) is 1. The van der Waals surface area contributed by atoms with Crippen LogP contribution in [0.25, 0.3) is 10.8 Å². The highest BCUT2D eigenvalue weighted by Crippen LogP contribution is 2.30. The van der Waals surface area contributed by atoms with Crippen molar-refractivity contribution >= 4 is 60.6 Å². The van der Waals surface area contributed by atoms with E-state index in [1.165, 1.54) is 0 Å². The molecule has 0 radical (unpaired) electrons. The molecule has 0 atom stereocenters. The molecular formula is C22H24IN3O3S. The lowest BCUT2D eigenvalue weighted by Crippen LogP contribution is -2.30. The van der Waals surface area contributed by atoms with E-state index in [1.54, 1.807) is 18.2 Å². The second-order valence-corrected chi connectivity index (χ2v) is 10.4. The highest BCUT2D eigenvalue weighted by molar-refractivity contribution is 14.1. The smallest absolute Gasteiger partial charge is 0.319 e. The largest absolute Gasteiger partial charge is 0.377 e. The van der Waals surface area contributed by atoms with Crippen LogP contribution in [0.1, 0.15) is 6.42 Å². The third-order valence-electron chi connectivity index (χ3n) is 4.63. The summed E-state index contributed by atoms with van der Waals surface area (Å²) in [5.74, 6) is -0.0399. The standard InChI is InChI=1S/C22H24IN3O3S/c1-26(2)20-11-4-10-19-18(20)9-5-12-21(19)30(28,29)14-6-13-24-22(27)25-17-8-3-7-16(23)15-17/h3-5,7-12,15H,6,13-14H2,1-2H3,(H2,24,25,27). The SMILES string of the molecule is CN(C)c1cccc2c(S(=O)(=O)CCCNC(=O)Nc3cccc(I)c3)cccc12. The molecule has 0 heterocycles. The van der Waals surface area contributed by atoms with Crippen LogP contribution in [0.3, 0.4) is 0 Å². The molecule has 0 aliphatic carbocycles. The Labute approximate surface area is 190 Å². The van der Waals surface area contributed by atoms with Gasteiger partial charge in [-0.2, -0.15) is 0 Å². The fraction of sp³-hybridized carbons (Fsp3) is 0.227. The molecule has 0 bridgehead atoms. The number of sulfone groups is 1. The van der Waals surface area contributed by atoms with Crippen LogP contribution < -0.4 is 15.5 Å². The molecule has 2 N–H and O–H groups in total. The molecule has 0 aromatic heterocycles. The molecule has 158 valence electrons. The van der Waals surface area contributed by atoms with Gasteiger partial charge in [0.05, 0.1) is 10.6 Å². The molecule has 30 heavy (non-hydrogen) atoms. The van der Waals surface area contributed by atoms with Crippen molar-refractivity contribution in [2.24, 2.45) is 0 Å². The fourth-order valence-electron chi connectivity index (χ4n) is 3.24. The van der Waals surface area contributed by atoms with Crippen molar-refractivity contribution in [3.05, 3.63) is 64.2 Å². The number of rotatable bonds is 7. The van der Waals surface area contributed by atoms with Crippen LogP contribution in [0.4, 0.5) is 16.2 Å². The van der Waals surface area contributed by atoms with E-state index in [2.05, 4.69) is 33.2 Å². The zero-order valence-electron chi connectivity index (χ0n) is 16.9. The number of hydrogen-bond acceptors (Lipinski definition) is 4. The van der Waals surface area contributed by atoms with Gasteiger partial charge in [0.2, 0.25) is 0 Å². The van der Waals surface area contributed by atoms with Crippen molar-refractivity contribution < 1.29 is 13.2 Å². The number of benzene rings is 3. The Morgan fingerprint density at radius 2 is 1.70 bits per heavy atom. The molecule has 3 aromatic carbocycles. The van der Waals surface area contributed by atoms with Gasteiger partial charge in [-0.1, -0.05) is 30.3 Å². The third kappa shape index (κ3) is 5.42. The molecule has 0 fully saturated rings. The maximum atomic E-state index is 13.0. The van der Waals surface area contributed by atoms with Gasteiger partial charge in [-0.3, -0.25) is 0 Å². The number of anilines is 2. The molecular weight excluding hydrogens is 513 g/mol. The van der Waals surface area contributed by atoms with Crippen LogP contribution in [-0.2, 0) is 9.84 Å². The zero-order valence-corrected chi connectivity index (χ0v) is 19.8. The van der Waals surface area contributed by atoms with Crippen molar-refractivity contribution in [1.29, 1.82) is 0 Å². The van der Waals surface area contributed by atoms with Crippen LogP contribution in [0, 0.1) is 3.57 Å². The number of nitrogens with one attached hydrogen (secondary N) is 2. The fourth-order valence-corrected chi connectivity index (χ4v) is 5.33. The quantitative estimate of drug-likeness (QED) is 0.344. The highest BCUT2D eigenvalue weighted by atomic mass is 127. The van der Waals surface area contributed by atoms with E-state index in [1.807, 2.05) is 61.5 Å². The first-order valence-corrected chi connectivity index (χ1v) is 12.2. The molecule has 3 aromatic rings. The van der Waals surface area contributed by atoms with Crippen molar-refractivity contribution in [3.8, 4) is 0 Å². The van der Waals surface area contributed by atoms with Crippen molar-refractivity contribution in [2.75, 3.05) is 36.6 Å². The van der Waals surface area contributed by atoms with Crippen LogP contribution in [0.15, 0.2) is 65.6 Å². The number of amides is 2. The Kier molecular flexibility index (Phi) is 7.19. The van der Waals surface area contributed by atoms with Crippen molar-refractivity contribution in [3.63, 3.8) is 0 Å². The molecule has 0 unspecified atom stereocenters. The first-order valence-electron chi connectivity index (χ1n) is 9.50. The van der Waals surface area contributed by atoms with Gasteiger partial charge in [0, 0.05) is 46.4 Å². The number of carbonyl (C=O) groups is 1. The second kappa shape index (κ2) is 9.65. The van der Waals surface area contributed by atoms with Gasteiger partial charge in [0.1, 0.15) is 0 Å². The number of urea groups is 1. The summed E-state index contributed by atoms with van der Waals surface area (Å²) in [6.45, 7) is 0.267. The normalized spacial score (nSPS) is 11.3. The minimum absolute atomic E-state index is 0.0399. The summed E-state index contributed by atoms with van der Waals surface area (Å²) in [7, 11) is 0.384. The van der Waals surface area contributed by atoms with E-state index >= 15 is 0 Å². The van der Waals surface area contributed by atoms with E-state index in [4.69, 9.17) is 0 Å². The van der Waals surface area contributed by atoms with Gasteiger partial charge in [-0.05, 0) is 59.3 Å². The molecule has 0 aliphatic heterocycles. The van der Waals surface area contributed by atoms with E-state index in [-0.39, 0.29) is 18.3 Å². The minimum atomic E-state index is -3.48. The van der Waals surface area contributed by atoms with Crippen LogP contribution in [0.2, 0.25) is 0 Å². The molecule has 3 rings (SSSR count). The Hall–Kier alpha value is -2.33. The zero-order chi connectivity index (χ0) is 21.7. The van der Waals surface area contributed by atoms with Crippen molar-refractivity contribution in [1.82, 2.24) is 5.32 Å². The monoisotopic (exact) mass is 537 g/mol. The van der Waals surface area contributed by atoms with Gasteiger partial charge < -0.3 is 15.5 Å². The van der Waals surface area contributed by atoms with E-state index in [0.29, 0.717) is 22.4 Å². The van der Waals surface area contributed by atoms with E-state index < -0.39 is 9.84 Å². The molecule has 0 saturated carbocycles. The first kappa shape index (κ1) is 22.4. The molecule has 0 spiro atoms. The number of carbonyl (C=O) groups excluding carboxylic acids is 1. The summed E-state index contributed by atoms with van der Waals surface area (Å²) in [5, 5.41) is 7.07. The first-order chi connectivity index (χ1) is 14.3. The number of fused-ring (bicyclic) bond motifs is 1. The van der Waals surface area contributed by atoms with Gasteiger partial charge in [-0.15, -0.1) is 0 Å².